The topological polar surface area (TPSA) is 99.9 Å². The van der Waals surface area contributed by atoms with Gasteiger partial charge in [0.05, 0.1) is 38.4 Å². The zero-order valence-electron chi connectivity index (χ0n) is 20.4. The lowest BCUT2D eigenvalue weighted by Gasteiger charge is -2.61. The molecule has 3 fully saturated rings. The molecule has 2 saturated carbocycles. The van der Waals surface area contributed by atoms with Crippen molar-refractivity contribution in [3.8, 4) is 0 Å². The molecule has 3 aliphatic carbocycles. The fourth-order valence-electron chi connectivity index (χ4n) is 7.76. The van der Waals surface area contributed by atoms with Crippen molar-refractivity contribution in [3.63, 3.8) is 0 Å². The molecule has 1 aliphatic heterocycles. The van der Waals surface area contributed by atoms with Gasteiger partial charge in [-0.15, -0.1) is 0 Å². The van der Waals surface area contributed by atoms with E-state index < -0.39 is 40.2 Å². The van der Waals surface area contributed by atoms with Crippen LogP contribution in [0.15, 0.2) is 34.2 Å². The Morgan fingerprint density at radius 2 is 1.88 bits per heavy atom. The number of rotatable bonds is 3. The number of cyclic esters (lactones) is 1. The van der Waals surface area contributed by atoms with Crippen molar-refractivity contribution >= 4 is 23.5 Å². The second-order valence-corrected chi connectivity index (χ2v) is 11.4. The number of hydrogen-bond donors (Lipinski definition) is 0. The van der Waals surface area contributed by atoms with Crippen LogP contribution in [-0.2, 0) is 28.7 Å². The Hall–Kier alpha value is -2.70. The minimum absolute atomic E-state index is 0.0142. The van der Waals surface area contributed by atoms with E-state index in [0.29, 0.717) is 6.42 Å². The maximum absolute atomic E-state index is 13.8. The van der Waals surface area contributed by atoms with Crippen LogP contribution in [0.2, 0.25) is 0 Å². The van der Waals surface area contributed by atoms with Crippen molar-refractivity contribution in [2.75, 3.05) is 7.11 Å². The fourth-order valence-corrected chi connectivity index (χ4v) is 7.76. The standard InChI is InChI=1S/C27H32O7/c1-25(2)19(12-20(28)32-5)27(4)17-6-8-26(3)18(15(17)10-16(22(25)30)23(27)31)11-21(29)34-24(26)14-7-9-33-13-14/h7,9,13,16-17,19,24H,6,8,10-12H2,1-5H3/t16-,17+,19+,24+,26-,27+/m1/s1. The third-order valence-corrected chi connectivity index (χ3v) is 9.59. The van der Waals surface area contributed by atoms with Gasteiger partial charge in [-0.2, -0.15) is 0 Å². The molecule has 7 heteroatoms. The average Bonchev–Trinajstić information content (AvgIpc) is 3.32. The third kappa shape index (κ3) is 2.88. The SMILES string of the molecule is COC(=O)C[C@H]1C(C)(C)C(=O)[C@H]2CC3=C4CC(=O)O[C@@H](c5ccoc5)[C@]4(C)CC[C@@H]3[C@]1(C)C2=O. The summed E-state index contributed by atoms with van der Waals surface area (Å²) in [4.78, 5) is 52.6. The van der Waals surface area contributed by atoms with Crippen molar-refractivity contribution in [2.45, 2.75) is 65.9 Å². The van der Waals surface area contributed by atoms with E-state index in [2.05, 4.69) is 6.92 Å². The van der Waals surface area contributed by atoms with Gasteiger partial charge in [0.1, 0.15) is 17.7 Å². The quantitative estimate of drug-likeness (QED) is 0.369. The zero-order valence-corrected chi connectivity index (χ0v) is 20.4. The number of carbonyl (C=O) groups excluding carboxylic acids is 4. The van der Waals surface area contributed by atoms with Crippen LogP contribution >= 0.6 is 0 Å². The molecule has 2 heterocycles. The van der Waals surface area contributed by atoms with Crippen molar-refractivity contribution in [3.05, 3.63) is 35.3 Å². The summed E-state index contributed by atoms with van der Waals surface area (Å²) in [5, 5.41) is 0. The Morgan fingerprint density at radius 1 is 1.15 bits per heavy atom. The molecule has 1 saturated heterocycles. The highest BCUT2D eigenvalue weighted by molar-refractivity contribution is 6.11. The van der Waals surface area contributed by atoms with E-state index in [4.69, 9.17) is 13.9 Å². The highest BCUT2D eigenvalue weighted by atomic mass is 16.5. The maximum Gasteiger partial charge on any atom is 0.310 e. The molecule has 0 unspecified atom stereocenters. The van der Waals surface area contributed by atoms with Crippen molar-refractivity contribution in [1.29, 1.82) is 0 Å². The van der Waals surface area contributed by atoms with Gasteiger partial charge in [-0.05, 0) is 42.7 Å². The highest BCUT2D eigenvalue weighted by Crippen LogP contribution is 2.66. The Morgan fingerprint density at radius 3 is 2.53 bits per heavy atom. The second-order valence-electron chi connectivity index (χ2n) is 11.4. The van der Waals surface area contributed by atoms with Gasteiger partial charge < -0.3 is 13.9 Å². The predicted molar refractivity (Wildman–Crippen MR) is 120 cm³/mol. The van der Waals surface area contributed by atoms with Gasteiger partial charge in [0.15, 0.2) is 0 Å². The van der Waals surface area contributed by atoms with Crippen molar-refractivity contribution in [2.24, 2.45) is 34.0 Å². The summed E-state index contributed by atoms with van der Waals surface area (Å²) < 4.78 is 16.1. The van der Waals surface area contributed by atoms with E-state index >= 15 is 0 Å². The van der Waals surface area contributed by atoms with Gasteiger partial charge in [0.2, 0.25) is 0 Å². The lowest BCUT2D eigenvalue weighted by Crippen LogP contribution is -2.64. The molecular weight excluding hydrogens is 436 g/mol. The molecule has 1 aromatic heterocycles. The maximum atomic E-state index is 13.8. The molecular formula is C27H32O7. The molecule has 6 atom stereocenters. The summed E-state index contributed by atoms with van der Waals surface area (Å²) in [6, 6.07) is 1.82. The summed E-state index contributed by atoms with van der Waals surface area (Å²) in [7, 11) is 1.33. The number of esters is 2. The summed E-state index contributed by atoms with van der Waals surface area (Å²) in [5.41, 5.74) is 0.703. The molecule has 34 heavy (non-hydrogen) atoms. The monoisotopic (exact) mass is 468 g/mol. The van der Waals surface area contributed by atoms with Crippen LogP contribution in [0.25, 0.3) is 0 Å². The number of ketones is 2. The lowest BCUT2D eigenvalue weighted by molar-refractivity contribution is -0.172. The van der Waals surface area contributed by atoms with Crippen molar-refractivity contribution < 1.29 is 33.1 Å². The van der Waals surface area contributed by atoms with Gasteiger partial charge in [-0.1, -0.05) is 33.3 Å². The molecule has 0 radical (unpaired) electrons. The third-order valence-electron chi connectivity index (χ3n) is 9.59. The number of Topliss-reactive ketones (excluding diaryl/α,β-unsaturated/α-hetero) is 2. The van der Waals surface area contributed by atoms with E-state index in [9.17, 15) is 19.2 Å². The number of fused-ring (bicyclic) bond motifs is 5. The average molecular weight is 469 g/mol. The molecule has 182 valence electrons. The van der Waals surface area contributed by atoms with Crippen LogP contribution in [0.1, 0.15) is 71.5 Å². The Labute approximate surface area is 199 Å². The van der Waals surface area contributed by atoms with Crippen LogP contribution in [0.4, 0.5) is 0 Å². The predicted octanol–water partition coefficient (Wildman–Crippen LogP) is 4.36. The molecule has 0 N–H and O–H groups in total. The van der Waals surface area contributed by atoms with E-state index in [1.54, 1.807) is 12.5 Å². The first-order valence-corrected chi connectivity index (χ1v) is 12.1. The molecule has 7 nitrogen and oxygen atoms in total. The molecule has 4 aliphatic rings. The largest absolute Gasteiger partial charge is 0.472 e. The Balaban J connectivity index is 1.68. The first-order chi connectivity index (χ1) is 16.0. The zero-order chi connectivity index (χ0) is 24.6. The van der Waals surface area contributed by atoms with Gasteiger partial charge >= 0.3 is 11.9 Å². The van der Waals surface area contributed by atoms with Crippen LogP contribution in [0.3, 0.4) is 0 Å². The Kier molecular flexibility index (Phi) is 5.02. The summed E-state index contributed by atoms with van der Waals surface area (Å²) in [6.07, 6.45) is 4.68. The molecule has 0 aromatic carbocycles. The number of ether oxygens (including phenoxy) is 2. The number of carbonyl (C=O) groups is 4. The first kappa shape index (κ1) is 23.1. The number of hydrogen-bond acceptors (Lipinski definition) is 7. The second kappa shape index (κ2) is 7.40. The molecule has 0 amide bonds. The number of methoxy groups -OCH3 is 1. The van der Waals surface area contributed by atoms with Crippen LogP contribution in [-0.4, -0.2) is 30.6 Å². The first-order valence-electron chi connectivity index (χ1n) is 12.1. The number of furan rings is 1. The lowest BCUT2D eigenvalue weighted by atomic mass is 9.41. The minimum atomic E-state index is -0.884. The van der Waals surface area contributed by atoms with Gasteiger partial charge in [0, 0.05) is 21.8 Å². The summed E-state index contributed by atoms with van der Waals surface area (Å²) in [6.45, 7) is 7.77. The summed E-state index contributed by atoms with van der Waals surface area (Å²) >= 11 is 0. The van der Waals surface area contributed by atoms with E-state index in [1.807, 2.05) is 26.8 Å². The van der Waals surface area contributed by atoms with Crippen LogP contribution in [0.5, 0.6) is 0 Å². The van der Waals surface area contributed by atoms with Crippen molar-refractivity contribution in [1.82, 2.24) is 0 Å². The Bertz CT molecular complexity index is 1110. The molecule has 1 aromatic rings. The van der Waals surface area contributed by atoms with E-state index in [-0.39, 0.29) is 36.3 Å². The van der Waals surface area contributed by atoms with Crippen LogP contribution in [0, 0.1) is 34.0 Å². The minimum Gasteiger partial charge on any atom is -0.472 e. The van der Waals surface area contributed by atoms with Gasteiger partial charge in [0.25, 0.3) is 0 Å². The fraction of sp³-hybridized carbons (Fsp3) is 0.630. The normalized spacial score (nSPS) is 38.7. The smallest absolute Gasteiger partial charge is 0.310 e. The number of allylic oxidation sites excluding steroid dienone is 1. The van der Waals surface area contributed by atoms with Gasteiger partial charge in [-0.3, -0.25) is 19.2 Å². The molecule has 5 rings (SSSR count). The van der Waals surface area contributed by atoms with E-state index in [1.165, 1.54) is 7.11 Å². The van der Waals surface area contributed by atoms with E-state index in [0.717, 1.165) is 29.6 Å². The van der Waals surface area contributed by atoms with Crippen LogP contribution < -0.4 is 0 Å². The molecule has 0 spiro atoms. The van der Waals surface area contributed by atoms with Gasteiger partial charge in [-0.25, -0.2) is 0 Å². The summed E-state index contributed by atoms with van der Waals surface area (Å²) in [5.74, 6) is -2.26. The highest BCUT2D eigenvalue weighted by Gasteiger charge is 2.67. The molecule has 2 bridgehead atoms.